The molecular formula is C21H21F2N3O6. The van der Waals surface area contributed by atoms with Gasteiger partial charge in [-0.05, 0) is 25.0 Å². The zero-order valence-corrected chi connectivity index (χ0v) is 17.1. The zero-order valence-electron chi connectivity index (χ0n) is 17.1. The molecule has 0 radical (unpaired) electrons. The van der Waals surface area contributed by atoms with Crippen LogP contribution in [0.5, 0.6) is 11.5 Å². The first-order valence-corrected chi connectivity index (χ1v) is 9.76. The Kier molecular flexibility index (Phi) is 7.18. The van der Waals surface area contributed by atoms with Crippen LogP contribution in [0.2, 0.25) is 0 Å². The largest absolute Gasteiger partial charge is 0.493 e. The molecule has 0 atom stereocenters. The Morgan fingerprint density at radius 3 is 2.38 bits per heavy atom. The number of nitro groups is 1. The van der Waals surface area contributed by atoms with Crippen molar-refractivity contribution in [1.29, 1.82) is 0 Å². The number of carbonyl (C=O) groups is 2. The highest BCUT2D eigenvalue weighted by Gasteiger charge is 2.31. The molecule has 0 saturated carbocycles. The van der Waals surface area contributed by atoms with Crippen LogP contribution in [0.4, 0.5) is 14.5 Å². The Morgan fingerprint density at radius 1 is 1.16 bits per heavy atom. The Morgan fingerprint density at radius 2 is 1.81 bits per heavy atom. The predicted octanol–water partition coefficient (Wildman–Crippen LogP) is 3.24. The van der Waals surface area contributed by atoms with E-state index in [-0.39, 0.29) is 36.4 Å². The van der Waals surface area contributed by atoms with E-state index < -0.39 is 28.9 Å². The van der Waals surface area contributed by atoms with Gasteiger partial charge in [0.25, 0.3) is 17.5 Å². The minimum atomic E-state index is -3.21. The van der Waals surface area contributed by atoms with Crippen molar-refractivity contribution >= 4 is 17.5 Å². The minimum Gasteiger partial charge on any atom is -0.493 e. The van der Waals surface area contributed by atoms with Crippen molar-refractivity contribution < 1.29 is 32.8 Å². The highest BCUT2D eigenvalue weighted by Crippen LogP contribution is 2.36. The van der Waals surface area contributed by atoms with E-state index in [2.05, 4.69) is 10.1 Å². The lowest BCUT2D eigenvalue weighted by atomic mass is 10.0. The first-order valence-electron chi connectivity index (χ1n) is 9.76. The minimum absolute atomic E-state index is 0.155. The summed E-state index contributed by atoms with van der Waals surface area (Å²) in [6, 6.07) is 10.3. The molecule has 0 spiro atoms. The number of piperidine rings is 1. The van der Waals surface area contributed by atoms with Crippen molar-refractivity contribution in [3.63, 3.8) is 0 Å². The van der Waals surface area contributed by atoms with E-state index in [9.17, 15) is 28.5 Å². The molecule has 1 N–H and O–H groups in total. The van der Waals surface area contributed by atoms with Gasteiger partial charge in [-0.25, -0.2) is 0 Å². The summed E-state index contributed by atoms with van der Waals surface area (Å²) in [5, 5.41) is 14.4. The molecule has 2 aromatic carbocycles. The third-order valence-electron chi connectivity index (χ3n) is 5.08. The van der Waals surface area contributed by atoms with Crippen molar-refractivity contribution in [2.45, 2.75) is 25.5 Å². The predicted molar refractivity (Wildman–Crippen MR) is 109 cm³/mol. The summed E-state index contributed by atoms with van der Waals surface area (Å²) < 4.78 is 34.4. The lowest BCUT2D eigenvalue weighted by Crippen LogP contribution is -2.46. The van der Waals surface area contributed by atoms with Crippen LogP contribution in [0, 0.1) is 10.1 Å². The second-order valence-electron chi connectivity index (χ2n) is 7.06. The van der Waals surface area contributed by atoms with Gasteiger partial charge in [-0.2, -0.15) is 8.78 Å². The molecule has 1 aliphatic heterocycles. The molecule has 0 unspecified atom stereocenters. The van der Waals surface area contributed by atoms with Gasteiger partial charge in [0.2, 0.25) is 0 Å². The number of methoxy groups -OCH3 is 1. The van der Waals surface area contributed by atoms with Gasteiger partial charge >= 0.3 is 6.61 Å². The van der Waals surface area contributed by atoms with Crippen molar-refractivity contribution in [1.82, 2.24) is 10.2 Å². The number of amides is 2. The normalized spacial score (nSPS) is 14.2. The maximum absolute atomic E-state index is 13.0. The van der Waals surface area contributed by atoms with Gasteiger partial charge < -0.3 is 19.7 Å². The van der Waals surface area contributed by atoms with Gasteiger partial charge in [0.15, 0.2) is 11.5 Å². The van der Waals surface area contributed by atoms with E-state index >= 15 is 0 Å². The molecule has 32 heavy (non-hydrogen) atoms. The fourth-order valence-corrected chi connectivity index (χ4v) is 3.47. The molecule has 170 valence electrons. The highest BCUT2D eigenvalue weighted by molar-refractivity contribution is 5.99. The van der Waals surface area contributed by atoms with E-state index in [1.165, 1.54) is 12.0 Å². The fraction of sp³-hybridized carbons (Fsp3) is 0.333. The third-order valence-corrected chi connectivity index (χ3v) is 5.08. The fourth-order valence-electron chi connectivity index (χ4n) is 3.47. The number of nitro benzene ring substituents is 1. The second-order valence-corrected chi connectivity index (χ2v) is 7.06. The van der Waals surface area contributed by atoms with Crippen molar-refractivity contribution in [2.75, 3.05) is 20.2 Å². The number of nitrogens with one attached hydrogen (secondary N) is 1. The number of rotatable bonds is 7. The van der Waals surface area contributed by atoms with Crippen molar-refractivity contribution in [3.05, 3.63) is 63.7 Å². The monoisotopic (exact) mass is 449 g/mol. The molecule has 1 fully saturated rings. The summed E-state index contributed by atoms with van der Waals surface area (Å²) in [4.78, 5) is 37.3. The molecule has 11 heteroatoms. The number of hydrogen-bond donors (Lipinski definition) is 1. The average Bonchev–Trinajstić information content (AvgIpc) is 2.79. The van der Waals surface area contributed by atoms with E-state index in [0.29, 0.717) is 18.4 Å². The molecule has 1 saturated heterocycles. The number of halogens is 2. The standard InChI is InChI=1S/C21H21F2N3O6/c1-31-17-11-15(16(26(29)30)12-18(17)32-21(22)23)20(28)25-9-7-14(8-10-25)24-19(27)13-5-3-2-4-6-13/h2-6,11-12,14,21H,7-10H2,1H3,(H,24,27). The van der Waals surface area contributed by atoms with Gasteiger partial charge in [0.1, 0.15) is 5.56 Å². The molecule has 2 aromatic rings. The first-order chi connectivity index (χ1) is 15.3. The summed E-state index contributed by atoms with van der Waals surface area (Å²) in [7, 11) is 1.18. The van der Waals surface area contributed by atoms with Crippen LogP contribution in [0.1, 0.15) is 33.6 Å². The number of hydrogen-bond acceptors (Lipinski definition) is 6. The molecule has 3 rings (SSSR count). The Balaban J connectivity index is 1.71. The second kappa shape index (κ2) is 10.0. The molecule has 9 nitrogen and oxygen atoms in total. The van der Waals surface area contributed by atoms with Crippen LogP contribution >= 0.6 is 0 Å². The molecule has 0 aromatic heterocycles. The topological polar surface area (TPSA) is 111 Å². The van der Waals surface area contributed by atoms with Crippen LogP contribution in [-0.4, -0.2) is 54.5 Å². The maximum Gasteiger partial charge on any atom is 0.387 e. The van der Waals surface area contributed by atoms with Crippen molar-refractivity contribution in [2.24, 2.45) is 0 Å². The number of ether oxygens (including phenoxy) is 2. The average molecular weight is 449 g/mol. The van der Waals surface area contributed by atoms with Crippen LogP contribution < -0.4 is 14.8 Å². The summed E-state index contributed by atoms with van der Waals surface area (Å²) in [5.74, 6) is -1.60. The molecular weight excluding hydrogens is 428 g/mol. The third kappa shape index (κ3) is 5.29. The number of benzene rings is 2. The van der Waals surface area contributed by atoms with Crippen LogP contribution in [0.15, 0.2) is 42.5 Å². The van der Waals surface area contributed by atoms with Gasteiger partial charge in [-0.15, -0.1) is 0 Å². The van der Waals surface area contributed by atoms with Crippen LogP contribution in [0.3, 0.4) is 0 Å². The van der Waals surface area contributed by atoms with E-state index in [4.69, 9.17) is 4.74 Å². The Hall–Kier alpha value is -3.76. The van der Waals surface area contributed by atoms with Crippen molar-refractivity contribution in [3.8, 4) is 11.5 Å². The molecule has 1 aliphatic rings. The Bertz CT molecular complexity index is 995. The lowest BCUT2D eigenvalue weighted by Gasteiger charge is -2.32. The summed E-state index contributed by atoms with van der Waals surface area (Å²) >= 11 is 0. The smallest absolute Gasteiger partial charge is 0.387 e. The summed E-state index contributed by atoms with van der Waals surface area (Å²) in [6.45, 7) is -2.70. The van der Waals surface area contributed by atoms with Gasteiger partial charge in [-0.1, -0.05) is 18.2 Å². The number of likely N-dealkylation sites (tertiary alicyclic amines) is 1. The lowest BCUT2D eigenvalue weighted by molar-refractivity contribution is -0.385. The maximum atomic E-state index is 13.0. The van der Waals surface area contributed by atoms with Gasteiger partial charge in [0, 0.05) is 30.8 Å². The molecule has 0 aliphatic carbocycles. The van der Waals surface area contributed by atoms with Gasteiger partial charge in [-0.3, -0.25) is 19.7 Å². The number of carbonyl (C=O) groups excluding carboxylic acids is 2. The van der Waals surface area contributed by atoms with Gasteiger partial charge in [0.05, 0.1) is 18.1 Å². The summed E-state index contributed by atoms with van der Waals surface area (Å²) in [6.07, 6.45) is 0.920. The van der Waals surface area contributed by atoms with E-state index in [0.717, 1.165) is 12.1 Å². The Labute approximate surface area is 182 Å². The van der Waals surface area contributed by atoms with Crippen LogP contribution in [-0.2, 0) is 0 Å². The quantitative estimate of drug-likeness (QED) is 0.513. The molecule has 1 heterocycles. The SMILES string of the molecule is COc1cc(C(=O)N2CCC(NC(=O)c3ccccc3)CC2)c([N+](=O)[O-])cc1OC(F)F. The van der Waals surface area contributed by atoms with Crippen LogP contribution in [0.25, 0.3) is 0 Å². The first kappa shape index (κ1) is 22.9. The summed E-state index contributed by atoms with van der Waals surface area (Å²) in [5.41, 5.74) is -0.425. The zero-order chi connectivity index (χ0) is 23.3. The highest BCUT2D eigenvalue weighted by atomic mass is 19.3. The van der Waals surface area contributed by atoms with E-state index in [1.54, 1.807) is 30.3 Å². The molecule has 2 amide bonds. The molecule has 0 bridgehead atoms. The number of alkyl halides is 2. The number of nitrogens with zero attached hydrogens (tertiary/aromatic N) is 2. The van der Waals surface area contributed by atoms with E-state index in [1.807, 2.05) is 0 Å².